The van der Waals surface area contributed by atoms with Gasteiger partial charge in [0.2, 0.25) is 0 Å². The smallest absolute Gasteiger partial charge is 0.340 e. The van der Waals surface area contributed by atoms with Crippen molar-refractivity contribution in [1.82, 2.24) is 0 Å². The molecule has 0 atom stereocenters. The molecule has 0 aliphatic rings. The highest BCUT2D eigenvalue weighted by Crippen LogP contribution is 1.92. The first-order valence-corrected chi connectivity index (χ1v) is 3.12. The van der Waals surface area contributed by atoms with E-state index in [9.17, 15) is 9.59 Å². The van der Waals surface area contributed by atoms with Gasteiger partial charge in [0, 0.05) is 11.6 Å². The van der Waals surface area contributed by atoms with E-state index < -0.39 is 11.9 Å². The number of carbonyl (C=O) groups is 2. The fourth-order valence-electron chi connectivity index (χ4n) is 0.349. The molecule has 0 spiro atoms. The first kappa shape index (κ1) is 9.62. The van der Waals surface area contributed by atoms with Crippen LogP contribution in [0, 0.1) is 0 Å². The molecule has 3 nitrogen and oxygen atoms in total. The molecule has 0 radical (unpaired) electrons. The molecule has 60 valence electrons. The summed E-state index contributed by atoms with van der Waals surface area (Å²) in [7, 11) is 0. The Labute approximate surface area is 65.4 Å². The Morgan fingerprint density at radius 2 is 2.00 bits per heavy atom. The summed E-state index contributed by atoms with van der Waals surface area (Å²) < 4.78 is 4.29. The lowest BCUT2D eigenvalue weighted by molar-refractivity contribution is -0.153. The molecule has 0 unspecified atom stereocenters. The van der Waals surface area contributed by atoms with Crippen LogP contribution in [-0.2, 0) is 14.3 Å². The maximum Gasteiger partial charge on any atom is 0.340 e. The van der Waals surface area contributed by atoms with Crippen LogP contribution in [-0.4, -0.2) is 11.9 Å². The average Bonchev–Trinajstić information content (AvgIpc) is 1.87. The van der Waals surface area contributed by atoms with Crippen LogP contribution in [0.5, 0.6) is 0 Å². The van der Waals surface area contributed by atoms with Gasteiger partial charge in [-0.05, 0) is 13.8 Å². The fraction of sp³-hybridized carbons (Fsp3) is 0.250. The van der Waals surface area contributed by atoms with Crippen LogP contribution in [0.1, 0.15) is 13.8 Å². The second-order valence-corrected chi connectivity index (χ2v) is 1.99. The normalized spacial score (nSPS) is 9.64. The summed E-state index contributed by atoms with van der Waals surface area (Å²) >= 11 is 0. The lowest BCUT2D eigenvalue weighted by atomic mass is 10.4. The van der Waals surface area contributed by atoms with Gasteiger partial charge in [-0.15, -0.1) is 0 Å². The molecule has 0 aromatic rings. The van der Waals surface area contributed by atoms with Gasteiger partial charge in [-0.3, -0.25) is 0 Å². The van der Waals surface area contributed by atoms with Crippen molar-refractivity contribution < 1.29 is 14.3 Å². The summed E-state index contributed by atoms with van der Waals surface area (Å²) in [6.45, 7) is 6.45. The SMILES string of the molecule is C=C(C)C(=O)OC(=O)/C=C/C. The largest absolute Gasteiger partial charge is 0.386 e. The van der Waals surface area contributed by atoms with Crippen molar-refractivity contribution in [1.29, 1.82) is 0 Å². The Bertz CT molecular complexity index is 213. The number of allylic oxidation sites excluding steroid dienone is 1. The van der Waals surface area contributed by atoms with Crippen molar-refractivity contribution in [2.75, 3.05) is 0 Å². The monoisotopic (exact) mass is 154 g/mol. The fourth-order valence-corrected chi connectivity index (χ4v) is 0.349. The van der Waals surface area contributed by atoms with Crippen LogP contribution in [0.2, 0.25) is 0 Å². The maximum absolute atomic E-state index is 10.7. The van der Waals surface area contributed by atoms with Crippen LogP contribution in [0.3, 0.4) is 0 Å². The first-order valence-electron chi connectivity index (χ1n) is 3.12. The van der Waals surface area contributed by atoms with Crippen molar-refractivity contribution in [2.24, 2.45) is 0 Å². The molecule has 0 fully saturated rings. The standard InChI is InChI=1S/C8H10O3/c1-4-5-7(9)11-8(10)6(2)3/h4-5H,2H2,1,3H3/b5-4+. The third-order valence-corrected chi connectivity index (χ3v) is 0.845. The van der Waals surface area contributed by atoms with Gasteiger partial charge in [-0.1, -0.05) is 12.7 Å². The van der Waals surface area contributed by atoms with E-state index in [1.165, 1.54) is 19.1 Å². The van der Waals surface area contributed by atoms with Gasteiger partial charge in [0.1, 0.15) is 0 Å². The predicted molar refractivity (Wildman–Crippen MR) is 40.7 cm³/mol. The highest BCUT2D eigenvalue weighted by atomic mass is 16.6. The lowest BCUT2D eigenvalue weighted by Gasteiger charge is -1.96. The molecular weight excluding hydrogens is 144 g/mol. The minimum atomic E-state index is -0.687. The molecule has 0 bridgehead atoms. The Kier molecular flexibility index (Phi) is 3.88. The molecule has 0 heterocycles. The summed E-state index contributed by atoms with van der Waals surface area (Å²) in [5.74, 6) is -1.35. The number of hydrogen-bond donors (Lipinski definition) is 0. The molecule has 0 saturated carbocycles. The Hall–Kier alpha value is -1.38. The van der Waals surface area contributed by atoms with Crippen molar-refractivity contribution in [3.8, 4) is 0 Å². The van der Waals surface area contributed by atoms with E-state index in [0.29, 0.717) is 0 Å². The van der Waals surface area contributed by atoms with Crippen LogP contribution in [0.4, 0.5) is 0 Å². The Morgan fingerprint density at radius 1 is 1.45 bits per heavy atom. The van der Waals surface area contributed by atoms with E-state index in [4.69, 9.17) is 0 Å². The van der Waals surface area contributed by atoms with Gasteiger partial charge in [0.05, 0.1) is 0 Å². The molecule has 0 aromatic heterocycles. The van der Waals surface area contributed by atoms with E-state index >= 15 is 0 Å². The molecule has 0 rings (SSSR count). The zero-order valence-electron chi connectivity index (χ0n) is 6.59. The Balaban J connectivity index is 3.96. The molecule has 0 aliphatic heterocycles. The number of hydrogen-bond acceptors (Lipinski definition) is 3. The summed E-state index contributed by atoms with van der Waals surface area (Å²) in [6.07, 6.45) is 2.66. The third-order valence-electron chi connectivity index (χ3n) is 0.845. The second-order valence-electron chi connectivity index (χ2n) is 1.99. The number of esters is 2. The van der Waals surface area contributed by atoms with Crippen LogP contribution in [0.25, 0.3) is 0 Å². The van der Waals surface area contributed by atoms with Crippen molar-refractivity contribution in [3.05, 3.63) is 24.3 Å². The molecule has 3 heteroatoms. The van der Waals surface area contributed by atoms with Crippen molar-refractivity contribution >= 4 is 11.9 Å². The van der Waals surface area contributed by atoms with Gasteiger partial charge in [0.25, 0.3) is 0 Å². The third kappa shape index (κ3) is 4.08. The zero-order valence-corrected chi connectivity index (χ0v) is 6.59. The number of ether oxygens (including phenoxy) is 1. The molecule has 0 saturated heterocycles. The summed E-state index contributed by atoms with van der Waals surface area (Å²) in [5.41, 5.74) is 0.211. The minimum Gasteiger partial charge on any atom is -0.386 e. The van der Waals surface area contributed by atoms with Gasteiger partial charge in [-0.25, -0.2) is 9.59 Å². The highest BCUT2D eigenvalue weighted by Gasteiger charge is 2.06. The predicted octanol–water partition coefficient (Wildman–Crippen LogP) is 1.21. The van der Waals surface area contributed by atoms with E-state index in [2.05, 4.69) is 11.3 Å². The van der Waals surface area contributed by atoms with E-state index in [1.54, 1.807) is 6.92 Å². The van der Waals surface area contributed by atoms with E-state index in [-0.39, 0.29) is 5.57 Å². The van der Waals surface area contributed by atoms with Crippen LogP contribution >= 0.6 is 0 Å². The highest BCUT2D eigenvalue weighted by molar-refractivity contribution is 5.98. The van der Waals surface area contributed by atoms with E-state index in [1.807, 2.05) is 0 Å². The zero-order chi connectivity index (χ0) is 8.85. The van der Waals surface area contributed by atoms with Crippen LogP contribution < -0.4 is 0 Å². The van der Waals surface area contributed by atoms with Gasteiger partial charge in [0.15, 0.2) is 0 Å². The van der Waals surface area contributed by atoms with Crippen molar-refractivity contribution in [3.63, 3.8) is 0 Å². The van der Waals surface area contributed by atoms with Crippen molar-refractivity contribution in [2.45, 2.75) is 13.8 Å². The van der Waals surface area contributed by atoms with Gasteiger partial charge < -0.3 is 4.74 Å². The van der Waals surface area contributed by atoms with Gasteiger partial charge >= 0.3 is 11.9 Å². The first-order chi connectivity index (χ1) is 5.07. The topological polar surface area (TPSA) is 43.4 Å². The maximum atomic E-state index is 10.7. The summed E-state index contributed by atoms with van der Waals surface area (Å²) in [6, 6.07) is 0. The van der Waals surface area contributed by atoms with Crippen LogP contribution in [0.15, 0.2) is 24.3 Å². The lowest BCUT2D eigenvalue weighted by Crippen LogP contribution is -2.09. The minimum absolute atomic E-state index is 0.211. The molecule has 0 aromatic carbocycles. The molecule has 0 N–H and O–H groups in total. The second kappa shape index (κ2) is 4.44. The molecule has 0 aliphatic carbocycles. The Morgan fingerprint density at radius 3 is 2.36 bits per heavy atom. The molecular formula is C8H10O3. The molecule has 11 heavy (non-hydrogen) atoms. The quantitative estimate of drug-likeness (QED) is 0.341. The summed E-state index contributed by atoms with van der Waals surface area (Å²) in [4.78, 5) is 21.2. The number of carbonyl (C=O) groups excluding carboxylic acids is 2. The summed E-state index contributed by atoms with van der Waals surface area (Å²) in [5, 5.41) is 0. The number of rotatable bonds is 2. The average molecular weight is 154 g/mol. The van der Waals surface area contributed by atoms with Gasteiger partial charge in [-0.2, -0.15) is 0 Å². The molecule has 0 amide bonds. The van der Waals surface area contributed by atoms with E-state index in [0.717, 1.165) is 0 Å².